The van der Waals surface area contributed by atoms with E-state index in [1.54, 1.807) is 22.7 Å². The van der Waals surface area contributed by atoms with E-state index in [0.29, 0.717) is 24.3 Å². The molecular formula is C17H21N3OS2. The molecule has 0 saturated carbocycles. The van der Waals surface area contributed by atoms with Crippen molar-refractivity contribution in [3.05, 3.63) is 34.0 Å². The van der Waals surface area contributed by atoms with Crippen LogP contribution >= 0.6 is 22.7 Å². The highest BCUT2D eigenvalue weighted by Gasteiger charge is 2.39. The Morgan fingerprint density at radius 3 is 3.00 bits per heavy atom. The molecule has 122 valence electrons. The Hall–Kier alpha value is -1.40. The summed E-state index contributed by atoms with van der Waals surface area (Å²) in [5.41, 5.74) is 0. The number of hydrogen-bond acceptors (Lipinski definition) is 5. The van der Waals surface area contributed by atoms with Crippen molar-refractivity contribution in [1.29, 1.82) is 0 Å². The molecule has 0 aromatic carbocycles. The van der Waals surface area contributed by atoms with Gasteiger partial charge in [-0.15, -0.1) is 22.7 Å². The SMILES string of the molecule is O=C1CC[C@H]2CN(c3nccs3)CC[C@H]2N1CCc1cccs1. The zero-order chi connectivity index (χ0) is 15.6. The van der Waals surface area contributed by atoms with E-state index < -0.39 is 0 Å². The van der Waals surface area contributed by atoms with Crippen LogP contribution in [0.15, 0.2) is 29.1 Å². The predicted molar refractivity (Wildman–Crippen MR) is 95.2 cm³/mol. The fourth-order valence-electron chi connectivity index (χ4n) is 3.87. The lowest BCUT2D eigenvalue weighted by Crippen LogP contribution is -2.56. The Morgan fingerprint density at radius 2 is 2.22 bits per heavy atom. The van der Waals surface area contributed by atoms with Crippen LogP contribution in [0.5, 0.6) is 0 Å². The van der Waals surface area contributed by atoms with Crippen LogP contribution in [0, 0.1) is 5.92 Å². The fraction of sp³-hybridized carbons (Fsp3) is 0.529. The highest BCUT2D eigenvalue weighted by atomic mass is 32.1. The van der Waals surface area contributed by atoms with E-state index in [1.807, 2.05) is 11.6 Å². The van der Waals surface area contributed by atoms with Crippen LogP contribution < -0.4 is 4.90 Å². The molecule has 0 aliphatic carbocycles. The number of carbonyl (C=O) groups is 1. The highest BCUT2D eigenvalue weighted by Crippen LogP contribution is 2.34. The van der Waals surface area contributed by atoms with E-state index in [0.717, 1.165) is 44.0 Å². The van der Waals surface area contributed by atoms with Gasteiger partial charge in [0.05, 0.1) is 0 Å². The summed E-state index contributed by atoms with van der Waals surface area (Å²) in [7, 11) is 0. The van der Waals surface area contributed by atoms with Crippen molar-refractivity contribution >= 4 is 33.7 Å². The standard InChI is InChI=1S/C17H21N3OS2/c21-16-4-3-13-12-19(17-18-7-11-23-17)8-6-15(13)20(16)9-5-14-2-1-10-22-14/h1-2,7,10-11,13,15H,3-6,8-9,12H2/t13-,15+/m0/s1. The molecule has 0 radical (unpaired) electrons. The summed E-state index contributed by atoms with van der Waals surface area (Å²) >= 11 is 3.50. The maximum absolute atomic E-state index is 12.4. The maximum atomic E-state index is 12.4. The first-order valence-electron chi connectivity index (χ1n) is 8.27. The minimum absolute atomic E-state index is 0.352. The molecule has 2 aliphatic heterocycles. The molecule has 2 atom stereocenters. The number of piperidine rings is 2. The zero-order valence-corrected chi connectivity index (χ0v) is 14.7. The molecule has 4 nitrogen and oxygen atoms in total. The Bertz CT molecular complexity index is 641. The Kier molecular flexibility index (Phi) is 4.35. The van der Waals surface area contributed by atoms with Crippen LogP contribution in [-0.2, 0) is 11.2 Å². The lowest BCUT2D eigenvalue weighted by atomic mass is 9.83. The number of hydrogen-bond donors (Lipinski definition) is 0. The van der Waals surface area contributed by atoms with Crippen molar-refractivity contribution in [3.63, 3.8) is 0 Å². The molecule has 4 rings (SSSR count). The quantitative estimate of drug-likeness (QED) is 0.852. The monoisotopic (exact) mass is 347 g/mol. The summed E-state index contributed by atoms with van der Waals surface area (Å²) in [5.74, 6) is 0.944. The molecule has 0 N–H and O–H groups in total. The second-order valence-corrected chi connectivity index (χ2v) is 8.24. The van der Waals surface area contributed by atoms with Crippen molar-refractivity contribution in [2.45, 2.75) is 31.7 Å². The number of nitrogens with zero attached hydrogens (tertiary/aromatic N) is 3. The van der Waals surface area contributed by atoms with E-state index in [9.17, 15) is 4.79 Å². The maximum Gasteiger partial charge on any atom is 0.222 e. The molecule has 2 aromatic rings. The number of carbonyl (C=O) groups excluding carboxylic acids is 1. The van der Waals surface area contributed by atoms with Crippen molar-refractivity contribution in [2.75, 3.05) is 24.5 Å². The minimum atomic E-state index is 0.352. The molecule has 0 bridgehead atoms. The first-order valence-corrected chi connectivity index (χ1v) is 10.0. The van der Waals surface area contributed by atoms with Crippen LogP contribution in [0.25, 0.3) is 0 Å². The van der Waals surface area contributed by atoms with Gasteiger partial charge in [0.25, 0.3) is 0 Å². The Labute approximate surface area is 144 Å². The number of fused-ring (bicyclic) bond motifs is 1. The molecule has 1 amide bonds. The average molecular weight is 348 g/mol. The summed E-state index contributed by atoms with van der Waals surface area (Å²) in [6.07, 6.45) is 5.67. The van der Waals surface area contributed by atoms with Gasteiger partial charge in [-0.3, -0.25) is 4.79 Å². The highest BCUT2D eigenvalue weighted by molar-refractivity contribution is 7.13. The molecule has 2 saturated heterocycles. The number of likely N-dealkylation sites (tertiary alicyclic amines) is 1. The topological polar surface area (TPSA) is 36.4 Å². The number of thiazole rings is 1. The van der Waals surface area contributed by atoms with Gasteiger partial charge in [-0.25, -0.2) is 4.98 Å². The first kappa shape index (κ1) is 15.1. The van der Waals surface area contributed by atoms with E-state index in [2.05, 4.69) is 32.3 Å². The lowest BCUT2D eigenvalue weighted by Gasteiger charge is -2.47. The van der Waals surface area contributed by atoms with Crippen LogP contribution in [0.2, 0.25) is 0 Å². The molecule has 23 heavy (non-hydrogen) atoms. The van der Waals surface area contributed by atoms with Gasteiger partial charge in [-0.1, -0.05) is 6.07 Å². The molecule has 0 spiro atoms. The number of anilines is 1. The fourth-order valence-corrected chi connectivity index (χ4v) is 5.25. The number of thiophene rings is 1. The second-order valence-electron chi connectivity index (χ2n) is 6.33. The van der Waals surface area contributed by atoms with Crippen LogP contribution in [0.3, 0.4) is 0 Å². The van der Waals surface area contributed by atoms with Crippen LogP contribution in [0.1, 0.15) is 24.1 Å². The summed E-state index contributed by atoms with van der Waals surface area (Å²) < 4.78 is 0. The van der Waals surface area contributed by atoms with Gasteiger partial charge >= 0.3 is 0 Å². The molecule has 6 heteroatoms. The average Bonchev–Trinajstić information content (AvgIpc) is 3.27. The third kappa shape index (κ3) is 3.15. The normalized spacial score (nSPS) is 24.8. The second kappa shape index (κ2) is 6.61. The van der Waals surface area contributed by atoms with Gasteiger partial charge in [0.2, 0.25) is 5.91 Å². The van der Waals surface area contributed by atoms with Gasteiger partial charge in [-0.2, -0.15) is 0 Å². The molecule has 4 heterocycles. The molecular weight excluding hydrogens is 326 g/mol. The van der Waals surface area contributed by atoms with Gasteiger partial charge in [0.1, 0.15) is 0 Å². The van der Waals surface area contributed by atoms with Gasteiger partial charge in [0.15, 0.2) is 5.13 Å². The Balaban J connectivity index is 1.43. The molecule has 2 aromatic heterocycles. The van der Waals surface area contributed by atoms with Crippen molar-refractivity contribution in [3.8, 4) is 0 Å². The zero-order valence-electron chi connectivity index (χ0n) is 13.1. The largest absolute Gasteiger partial charge is 0.348 e. The predicted octanol–water partition coefficient (Wildman–Crippen LogP) is 3.26. The molecule has 2 fully saturated rings. The molecule has 0 unspecified atom stereocenters. The summed E-state index contributed by atoms with van der Waals surface area (Å²) in [6, 6.07) is 4.68. The van der Waals surface area contributed by atoms with Gasteiger partial charge in [-0.05, 0) is 36.6 Å². The summed E-state index contributed by atoms with van der Waals surface area (Å²) in [5, 5.41) is 5.28. The number of aromatic nitrogens is 1. The van der Waals surface area contributed by atoms with E-state index in [-0.39, 0.29) is 0 Å². The molecule has 2 aliphatic rings. The first-order chi connectivity index (χ1) is 11.3. The van der Waals surface area contributed by atoms with Crippen molar-refractivity contribution in [2.24, 2.45) is 5.92 Å². The van der Waals surface area contributed by atoms with E-state index >= 15 is 0 Å². The minimum Gasteiger partial charge on any atom is -0.348 e. The van der Waals surface area contributed by atoms with Gasteiger partial charge < -0.3 is 9.80 Å². The van der Waals surface area contributed by atoms with Crippen LogP contribution in [-0.4, -0.2) is 41.5 Å². The van der Waals surface area contributed by atoms with E-state index in [1.165, 1.54) is 4.88 Å². The Morgan fingerprint density at radius 1 is 1.26 bits per heavy atom. The smallest absolute Gasteiger partial charge is 0.222 e. The van der Waals surface area contributed by atoms with Gasteiger partial charge in [0, 0.05) is 48.6 Å². The van der Waals surface area contributed by atoms with Crippen molar-refractivity contribution < 1.29 is 4.79 Å². The number of rotatable bonds is 4. The van der Waals surface area contributed by atoms with Crippen molar-refractivity contribution in [1.82, 2.24) is 9.88 Å². The van der Waals surface area contributed by atoms with Crippen LogP contribution in [0.4, 0.5) is 5.13 Å². The number of amides is 1. The van der Waals surface area contributed by atoms with E-state index in [4.69, 9.17) is 0 Å². The summed E-state index contributed by atoms with van der Waals surface area (Å²) in [4.78, 5) is 22.8. The third-order valence-corrected chi connectivity index (χ3v) is 6.78. The lowest BCUT2D eigenvalue weighted by molar-refractivity contribution is -0.139. The summed E-state index contributed by atoms with van der Waals surface area (Å²) in [6.45, 7) is 2.93. The third-order valence-electron chi connectivity index (χ3n) is 5.01.